The van der Waals surface area contributed by atoms with Crippen LogP contribution in [0.3, 0.4) is 0 Å². The molecular weight excluding hydrogens is 1000 g/mol. The standard InChI is InChI=1S/C22H18O2.C20H19OP.C18H20.C11H10.3C2H6/c1-15-7-11-17(12-8-15)22(18-13-9-16(2)10-14-18)20-6-4-3-5-19(20)21(23)24-22;1-16-8-12-19(13-9-16)22(21,18-6-4-3-5-7-18)20-14-10-17(2)11-15-20;1-4-10-16(11-5-1)18(14-8-3-9-15-18)17-12-6-2-7-13-17;1-9-5-4-7-10-6-2-3-8-11(9)10;3*1-2/h3-14H,1-2H3;3-15H,1-2H3;1-2,4-7,10-13H,3,8-9,14-15H2;2-8H,1H3;3*1-2H3. The number of esters is 1. The molecule has 0 unspecified atom stereocenters. The van der Waals surface area contributed by atoms with Gasteiger partial charge in [-0.05, 0) is 81.0 Å². The van der Waals surface area contributed by atoms with Gasteiger partial charge < -0.3 is 9.30 Å². The van der Waals surface area contributed by atoms with E-state index in [4.69, 9.17) is 4.74 Å². The number of ether oxygens (including phenoxy) is 1. The van der Waals surface area contributed by atoms with E-state index in [1.807, 2.05) is 183 Å². The molecule has 1 heterocycles. The van der Waals surface area contributed by atoms with Gasteiger partial charge in [0.1, 0.15) is 0 Å². The SMILES string of the molecule is CC.CC.CC.Cc1ccc(C2(c3ccc(C)cc3)OC(=O)c3ccccc32)cc1.Cc1ccc(P(=O)(c2ccccc2)c2ccc(C)cc2)cc1.Cc1cccc2ccccc12.c1ccc(C2(c3ccccc3)CCCCC2)cc1. The van der Waals surface area contributed by atoms with Crippen molar-refractivity contribution >= 4 is 39.8 Å². The Morgan fingerprint density at radius 3 is 1.19 bits per heavy atom. The lowest BCUT2D eigenvalue weighted by molar-refractivity contribution is 0.0251. The molecule has 0 N–H and O–H groups in total. The summed E-state index contributed by atoms with van der Waals surface area (Å²) in [6, 6.07) is 86.9. The quantitative estimate of drug-likeness (QED) is 0.118. The minimum atomic E-state index is -2.82. The van der Waals surface area contributed by atoms with Crippen LogP contribution >= 0.6 is 7.14 Å². The number of fused-ring (bicyclic) bond motifs is 2. The Kier molecular flexibility index (Phi) is 23.6. The zero-order valence-corrected chi connectivity index (χ0v) is 50.9. The van der Waals surface area contributed by atoms with Gasteiger partial charge in [-0.2, -0.15) is 0 Å². The fourth-order valence-electron chi connectivity index (χ4n) is 10.8. The number of carbonyl (C=O) groups excluding carboxylic acids is 1. The first-order chi connectivity index (χ1) is 39.5. The van der Waals surface area contributed by atoms with Crippen LogP contribution in [0.25, 0.3) is 10.8 Å². The lowest BCUT2D eigenvalue weighted by Crippen LogP contribution is -2.30. The first-order valence-electron chi connectivity index (χ1n) is 29.3. The summed E-state index contributed by atoms with van der Waals surface area (Å²) in [4.78, 5) is 12.5. The van der Waals surface area contributed by atoms with Gasteiger partial charge in [0.2, 0.25) is 0 Å². The fourth-order valence-corrected chi connectivity index (χ4v) is 13.4. The first-order valence-corrected chi connectivity index (χ1v) is 31.0. The molecule has 1 aliphatic heterocycles. The topological polar surface area (TPSA) is 43.4 Å². The number of cyclic esters (lactones) is 1. The van der Waals surface area contributed by atoms with E-state index in [0.717, 1.165) is 32.6 Å². The Bertz CT molecular complexity index is 3350. The summed E-state index contributed by atoms with van der Waals surface area (Å²) in [5.41, 5.74) is 11.9. The zero-order valence-electron chi connectivity index (χ0n) is 50.0. The molecule has 1 fully saturated rings. The molecule has 4 heteroatoms. The van der Waals surface area contributed by atoms with Crippen molar-refractivity contribution < 1.29 is 14.1 Å². The molecule has 0 bridgehead atoms. The molecule has 416 valence electrons. The van der Waals surface area contributed by atoms with E-state index in [1.54, 1.807) is 0 Å². The average molecular weight is 1090 g/mol. The Labute approximate surface area is 486 Å². The molecule has 0 spiro atoms. The smallest absolute Gasteiger partial charge is 0.340 e. The van der Waals surface area contributed by atoms with E-state index in [2.05, 4.69) is 148 Å². The number of rotatable bonds is 7. The second-order valence-electron chi connectivity index (χ2n) is 20.1. The van der Waals surface area contributed by atoms with Crippen molar-refractivity contribution in [1.82, 2.24) is 0 Å². The highest BCUT2D eigenvalue weighted by molar-refractivity contribution is 7.85. The third-order valence-corrected chi connectivity index (χ3v) is 18.0. The molecule has 2 aliphatic rings. The second-order valence-corrected chi connectivity index (χ2v) is 22.9. The predicted molar refractivity (Wildman–Crippen MR) is 349 cm³/mol. The largest absolute Gasteiger partial charge is 0.441 e. The molecule has 0 saturated heterocycles. The average Bonchev–Trinajstić information content (AvgIpc) is 3.89. The van der Waals surface area contributed by atoms with E-state index in [1.165, 1.54) is 81.8 Å². The Hall–Kier alpha value is -7.84. The lowest BCUT2D eigenvalue weighted by Gasteiger charge is -2.38. The molecule has 1 saturated carbocycles. The highest BCUT2D eigenvalue weighted by Gasteiger charge is 2.48. The van der Waals surface area contributed by atoms with Crippen LogP contribution in [0.1, 0.15) is 140 Å². The Balaban J connectivity index is 0.000000173. The van der Waals surface area contributed by atoms with Crippen molar-refractivity contribution in [1.29, 1.82) is 0 Å². The van der Waals surface area contributed by atoms with Gasteiger partial charge in [0, 0.05) is 38.0 Å². The number of carbonyl (C=O) groups is 1. The molecule has 10 aromatic carbocycles. The fraction of sp³-hybridized carbons (Fsp3) is 0.234. The van der Waals surface area contributed by atoms with Crippen LogP contribution in [0.5, 0.6) is 0 Å². The van der Waals surface area contributed by atoms with Gasteiger partial charge >= 0.3 is 5.97 Å². The number of aryl methyl sites for hydroxylation is 5. The lowest BCUT2D eigenvalue weighted by atomic mass is 9.65. The van der Waals surface area contributed by atoms with Gasteiger partial charge in [0.05, 0.1) is 5.56 Å². The van der Waals surface area contributed by atoms with Crippen LogP contribution in [0.4, 0.5) is 0 Å². The monoisotopic (exact) mass is 1090 g/mol. The molecule has 0 atom stereocenters. The van der Waals surface area contributed by atoms with Gasteiger partial charge in [-0.3, -0.25) is 0 Å². The first kappa shape index (κ1) is 62.4. The maximum Gasteiger partial charge on any atom is 0.340 e. The second kappa shape index (κ2) is 30.7. The molecule has 0 aromatic heterocycles. The van der Waals surface area contributed by atoms with Crippen LogP contribution in [0.2, 0.25) is 0 Å². The third-order valence-electron chi connectivity index (χ3n) is 15.0. The van der Waals surface area contributed by atoms with Crippen molar-refractivity contribution in [2.24, 2.45) is 0 Å². The number of benzene rings is 10. The van der Waals surface area contributed by atoms with Gasteiger partial charge in [-0.15, -0.1) is 0 Å². The highest BCUT2D eigenvalue weighted by atomic mass is 31.2. The molecular formula is C77H85O3P. The van der Waals surface area contributed by atoms with E-state index < -0.39 is 12.7 Å². The molecule has 81 heavy (non-hydrogen) atoms. The van der Waals surface area contributed by atoms with Gasteiger partial charge in [0.25, 0.3) is 0 Å². The van der Waals surface area contributed by atoms with Crippen LogP contribution in [-0.4, -0.2) is 5.97 Å². The number of hydrogen-bond acceptors (Lipinski definition) is 3. The predicted octanol–water partition coefficient (Wildman–Crippen LogP) is 19.9. The van der Waals surface area contributed by atoms with Crippen LogP contribution < -0.4 is 15.9 Å². The molecule has 0 amide bonds. The van der Waals surface area contributed by atoms with Gasteiger partial charge in [-0.25, -0.2) is 4.79 Å². The highest BCUT2D eigenvalue weighted by Crippen LogP contribution is 2.48. The molecule has 12 rings (SSSR count). The maximum absolute atomic E-state index is 14.0. The van der Waals surface area contributed by atoms with E-state index >= 15 is 0 Å². The number of hydrogen-bond donors (Lipinski definition) is 0. The van der Waals surface area contributed by atoms with Crippen LogP contribution in [-0.2, 0) is 20.3 Å². The van der Waals surface area contributed by atoms with E-state index in [-0.39, 0.29) is 11.4 Å². The van der Waals surface area contributed by atoms with Gasteiger partial charge in [0.15, 0.2) is 12.7 Å². The van der Waals surface area contributed by atoms with Crippen LogP contribution in [0.15, 0.2) is 255 Å². The molecule has 1 aliphatic carbocycles. The molecule has 0 radical (unpaired) electrons. The summed E-state index contributed by atoms with van der Waals surface area (Å²) in [6.07, 6.45) is 6.68. The summed E-state index contributed by atoms with van der Waals surface area (Å²) in [5.74, 6) is -0.272. The van der Waals surface area contributed by atoms with Crippen molar-refractivity contribution in [3.63, 3.8) is 0 Å². The normalized spacial score (nSPS) is 13.2. The van der Waals surface area contributed by atoms with Crippen molar-refractivity contribution in [3.05, 3.63) is 316 Å². The Morgan fingerprint density at radius 1 is 0.358 bits per heavy atom. The minimum absolute atomic E-state index is 0.265. The summed E-state index contributed by atoms with van der Waals surface area (Å²) < 4.78 is 20.1. The Morgan fingerprint density at radius 2 is 0.728 bits per heavy atom. The molecule has 10 aromatic rings. The van der Waals surface area contributed by atoms with Crippen LogP contribution in [0, 0.1) is 34.6 Å². The van der Waals surface area contributed by atoms with Gasteiger partial charge in [-0.1, -0.05) is 332 Å². The van der Waals surface area contributed by atoms with E-state index in [9.17, 15) is 9.36 Å². The van der Waals surface area contributed by atoms with Crippen molar-refractivity contribution in [2.45, 2.75) is 119 Å². The summed E-state index contributed by atoms with van der Waals surface area (Å²) in [5, 5.41) is 5.33. The van der Waals surface area contributed by atoms with Crippen molar-refractivity contribution in [3.8, 4) is 0 Å². The van der Waals surface area contributed by atoms with E-state index in [0.29, 0.717) is 5.56 Å². The van der Waals surface area contributed by atoms with Crippen molar-refractivity contribution in [2.75, 3.05) is 0 Å². The maximum atomic E-state index is 14.0. The zero-order chi connectivity index (χ0) is 58.3. The summed E-state index contributed by atoms with van der Waals surface area (Å²) in [7, 11) is -2.82. The summed E-state index contributed by atoms with van der Waals surface area (Å²) >= 11 is 0. The minimum Gasteiger partial charge on any atom is -0.441 e. The summed E-state index contributed by atoms with van der Waals surface area (Å²) in [6.45, 7) is 22.3. The third kappa shape index (κ3) is 14.8. The molecule has 3 nitrogen and oxygen atoms in total.